The van der Waals surface area contributed by atoms with E-state index in [1.54, 1.807) is 0 Å². The van der Waals surface area contributed by atoms with Crippen molar-refractivity contribution in [1.82, 2.24) is 5.32 Å². The summed E-state index contributed by atoms with van der Waals surface area (Å²) < 4.78 is 0. The van der Waals surface area contributed by atoms with E-state index in [9.17, 15) is 0 Å². The van der Waals surface area contributed by atoms with Crippen LogP contribution in [0.5, 0.6) is 0 Å². The molecule has 0 amide bonds. The first-order valence-electron chi connectivity index (χ1n) is 8.41. The first-order chi connectivity index (χ1) is 9.61. The van der Waals surface area contributed by atoms with E-state index in [1.165, 1.54) is 36.8 Å². The van der Waals surface area contributed by atoms with Crippen LogP contribution in [-0.4, -0.2) is 6.54 Å². The summed E-state index contributed by atoms with van der Waals surface area (Å²) in [5.41, 5.74) is 2.86. The largest absolute Gasteiger partial charge is 0.310 e. The topological polar surface area (TPSA) is 12.0 Å². The summed E-state index contributed by atoms with van der Waals surface area (Å²) in [4.78, 5) is 0. The molecular formula is C19H31N. The highest BCUT2D eigenvalue weighted by molar-refractivity contribution is 5.25. The van der Waals surface area contributed by atoms with Gasteiger partial charge in [-0.25, -0.2) is 0 Å². The quantitative estimate of drug-likeness (QED) is 0.786. The molecule has 1 fully saturated rings. The molecule has 0 spiro atoms. The monoisotopic (exact) mass is 273 g/mol. The SMILES string of the molecule is CCNC(c1cccc(C)c1)C1CCC(C(C)C)CC1. The zero-order valence-corrected chi connectivity index (χ0v) is 13.7. The average molecular weight is 273 g/mol. The van der Waals surface area contributed by atoms with E-state index in [2.05, 4.69) is 57.3 Å². The van der Waals surface area contributed by atoms with Crippen LogP contribution in [0.15, 0.2) is 24.3 Å². The average Bonchev–Trinajstić information content (AvgIpc) is 2.45. The van der Waals surface area contributed by atoms with Gasteiger partial charge in [-0.1, -0.05) is 50.6 Å². The molecule has 1 N–H and O–H groups in total. The van der Waals surface area contributed by atoms with E-state index >= 15 is 0 Å². The number of rotatable bonds is 5. The van der Waals surface area contributed by atoms with Crippen LogP contribution >= 0.6 is 0 Å². The Hall–Kier alpha value is -0.820. The predicted molar refractivity (Wildman–Crippen MR) is 87.9 cm³/mol. The molecule has 0 bridgehead atoms. The van der Waals surface area contributed by atoms with Gasteiger partial charge >= 0.3 is 0 Å². The number of aryl methyl sites for hydroxylation is 1. The molecular weight excluding hydrogens is 242 g/mol. The van der Waals surface area contributed by atoms with E-state index in [-0.39, 0.29) is 0 Å². The van der Waals surface area contributed by atoms with Crippen LogP contribution in [0, 0.1) is 24.7 Å². The molecule has 0 heterocycles. The Morgan fingerprint density at radius 3 is 2.30 bits per heavy atom. The van der Waals surface area contributed by atoms with Crippen LogP contribution in [0.4, 0.5) is 0 Å². The Labute approximate surface area is 125 Å². The third kappa shape index (κ3) is 3.85. The van der Waals surface area contributed by atoms with Gasteiger partial charge in [0.25, 0.3) is 0 Å². The van der Waals surface area contributed by atoms with Crippen molar-refractivity contribution in [2.45, 2.75) is 59.4 Å². The van der Waals surface area contributed by atoms with E-state index in [0.29, 0.717) is 6.04 Å². The molecule has 1 heteroatoms. The second-order valence-corrected chi connectivity index (χ2v) is 6.87. The first-order valence-corrected chi connectivity index (χ1v) is 8.41. The molecule has 1 unspecified atom stereocenters. The van der Waals surface area contributed by atoms with Gasteiger partial charge in [-0.2, -0.15) is 0 Å². The molecule has 0 radical (unpaired) electrons. The van der Waals surface area contributed by atoms with Crippen LogP contribution < -0.4 is 5.32 Å². The van der Waals surface area contributed by atoms with E-state index < -0.39 is 0 Å². The third-order valence-corrected chi connectivity index (χ3v) is 5.06. The standard InChI is InChI=1S/C19H31N/c1-5-20-19(18-8-6-7-15(4)13-18)17-11-9-16(10-12-17)14(2)3/h6-8,13-14,16-17,19-20H,5,9-12H2,1-4H3. The zero-order valence-electron chi connectivity index (χ0n) is 13.7. The number of nitrogens with one attached hydrogen (secondary N) is 1. The summed E-state index contributed by atoms with van der Waals surface area (Å²) in [6, 6.07) is 9.61. The molecule has 1 atom stereocenters. The molecule has 2 rings (SSSR count). The number of hydrogen-bond acceptors (Lipinski definition) is 1. The molecule has 0 saturated heterocycles. The van der Waals surface area contributed by atoms with Crippen molar-refractivity contribution in [3.05, 3.63) is 35.4 Å². The van der Waals surface area contributed by atoms with Crippen LogP contribution in [0.1, 0.15) is 63.6 Å². The minimum atomic E-state index is 0.549. The highest BCUT2D eigenvalue weighted by Crippen LogP contribution is 2.39. The Balaban J connectivity index is 2.06. The van der Waals surface area contributed by atoms with Gasteiger partial charge in [0.15, 0.2) is 0 Å². The predicted octanol–water partition coefficient (Wildman–Crippen LogP) is 5.11. The van der Waals surface area contributed by atoms with Gasteiger partial charge in [-0.3, -0.25) is 0 Å². The summed E-state index contributed by atoms with van der Waals surface area (Å²) in [5, 5.41) is 3.74. The van der Waals surface area contributed by atoms with Gasteiger partial charge in [0.2, 0.25) is 0 Å². The summed E-state index contributed by atoms with van der Waals surface area (Å²) in [6.45, 7) is 10.2. The van der Waals surface area contributed by atoms with Crippen LogP contribution in [0.25, 0.3) is 0 Å². The summed E-state index contributed by atoms with van der Waals surface area (Å²) in [7, 11) is 0. The molecule has 1 aromatic rings. The molecule has 1 nitrogen and oxygen atoms in total. The van der Waals surface area contributed by atoms with Crippen LogP contribution in [0.3, 0.4) is 0 Å². The van der Waals surface area contributed by atoms with Gasteiger partial charge in [0, 0.05) is 6.04 Å². The zero-order chi connectivity index (χ0) is 14.5. The van der Waals surface area contributed by atoms with Gasteiger partial charge in [0.1, 0.15) is 0 Å². The Bertz CT molecular complexity index is 402. The van der Waals surface area contributed by atoms with Crippen molar-refractivity contribution in [3.8, 4) is 0 Å². The fraction of sp³-hybridized carbons (Fsp3) is 0.684. The van der Waals surface area contributed by atoms with Crippen LogP contribution in [-0.2, 0) is 0 Å². The molecule has 1 aliphatic carbocycles. The van der Waals surface area contributed by atoms with Crippen molar-refractivity contribution in [3.63, 3.8) is 0 Å². The minimum Gasteiger partial charge on any atom is -0.310 e. The van der Waals surface area contributed by atoms with Crippen LogP contribution in [0.2, 0.25) is 0 Å². The highest BCUT2D eigenvalue weighted by Gasteiger charge is 2.29. The maximum atomic E-state index is 3.74. The molecule has 0 aliphatic heterocycles. The minimum absolute atomic E-state index is 0.549. The molecule has 20 heavy (non-hydrogen) atoms. The highest BCUT2D eigenvalue weighted by atomic mass is 14.9. The van der Waals surface area contributed by atoms with Gasteiger partial charge < -0.3 is 5.32 Å². The van der Waals surface area contributed by atoms with Crippen molar-refractivity contribution < 1.29 is 0 Å². The van der Waals surface area contributed by atoms with Gasteiger partial charge in [-0.15, -0.1) is 0 Å². The van der Waals surface area contributed by atoms with E-state index in [4.69, 9.17) is 0 Å². The lowest BCUT2D eigenvalue weighted by Gasteiger charge is -2.36. The maximum absolute atomic E-state index is 3.74. The Morgan fingerprint density at radius 2 is 1.75 bits per heavy atom. The summed E-state index contributed by atoms with van der Waals surface area (Å²) in [6.07, 6.45) is 5.59. The fourth-order valence-electron chi connectivity index (χ4n) is 3.79. The van der Waals surface area contributed by atoms with Crippen molar-refractivity contribution >= 4 is 0 Å². The van der Waals surface area contributed by atoms with Gasteiger partial charge in [-0.05, 0) is 62.5 Å². The van der Waals surface area contributed by atoms with Crippen molar-refractivity contribution in [2.75, 3.05) is 6.54 Å². The molecule has 0 aromatic heterocycles. The summed E-state index contributed by atoms with van der Waals surface area (Å²) in [5.74, 6) is 2.62. The lowest BCUT2D eigenvalue weighted by molar-refractivity contribution is 0.190. The normalized spacial score (nSPS) is 24.9. The van der Waals surface area contributed by atoms with E-state index in [1.807, 2.05) is 0 Å². The number of benzene rings is 1. The summed E-state index contributed by atoms with van der Waals surface area (Å²) >= 11 is 0. The lowest BCUT2D eigenvalue weighted by Crippen LogP contribution is -2.31. The van der Waals surface area contributed by atoms with Gasteiger partial charge in [0.05, 0.1) is 0 Å². The second-order valence-electron chi connectivity index (χ2n) is 6.87. The van der Waals surface area contributed by atoms with E-state index in [0.717, 1.165) is 24.3 Å². The van der Waals surface area contributed by atoms with Crippen molar-refractivity contribution in [2.24, 2.45) is 17.8 Å². The maximum Gasteiger partial charge on any atom is 0.0348 e. The first kappa shape index (κ1) is 15.6. The van der Waals surface area contributed by atoms with Crippen molar-refractivity contribution in [1.29, 1.82) is 0 Å². The lowest BCUT2D eigenvalue weighted by atomic mass is 9.73. The molecule has 1 aromatic carbocycles. The Morgan fingerprint density at radius 1 is 1.10 bits per heavy atom. The smallest absolute Gasteiger partial charge is 0.0348 e. The molecule has 112 valence electrons. The fourth-order valence-corrected chi connectivity index (χ4v) is 3.79. The molecule has 1 aliphatic rings. The third-order valence-electron chi connectivity index (χ3n) is 5.06. The number of hydrogen-bond donors (Lipinski definition) is 1. The Kier molecular flexibility index (Phi) is 5.65. The second kappa shape index (κ2) is 7.26. The molecule has 1 saturated carbocycles.